The van der Waals surface area contributed by atoms with Crippen LogP contribution in [0.25, 0.3) is 0 Å². The van der Waals surface area contributed by atoms with Gasteiger partial charge in [0.1, 0.15) is 5.75 Å². The average Bonchev–Trinajstić information content (AvgIpc) is 2.64. The summed E-state index contributed by atoms with van der Waals surface area (Å²) in [6.07, 6.45) is 0.972. The van der Waals surface area contributed by atoms with Crippen LogP contribution in [0.1, 0.15) is 23.6 Å². The first kappa shape index (κ1) is 17.5. The zero-order chi connectivity index (χ0) is 17.4. The van der Waals surface area contributed by atoms with Gasteiger partial charge in [-0.1, -0.05) is 43.3 Å². The lowest BCUT2D eigenvalue weighted by Gasteiger charge is -2.08. The molecule has 0 aliphatic rings. The largest absolute Gasteiger partial charge is 0.497 e. The number of rotatable bonds is 6. The van der Waals surface area contributed by atoms with E-state index in [4.69, 9.17) is 4.74 Å². The number of amides is 2. The van der Waals surface area contributed by atoms with Gasteiger partial charge < -0.3 is 15.4 Å². The van der Waals surface area contributed by atoms with Gasteiger partial charge in [-0.15, -0.1) is 0 Å². The Kier molecular flexibility index (Phi) is 6.37. The summed E-state index contributed by atoms with van der Waals surface area (Å²) in [5, 5.41) is 5.22. The number of nitrogens with one attached hydrogen (secondary N) is 2. The number of hydrogen-bond acceptors (Lipinski definition) is 3. The third-order valence-electron chi connectivity index (χ3n) is 3.68. The molecule has 0 saturated carbocycles. The van der Waals surface area contributed by atoms with Crippen LogP contribution in [0.5, 0.6) is 5.75 Å². The number of carbonyl (C=O) groups excluding carboxylic acids is 2. The molecule has 5 nitrogen and oxygen atoms in total. The summed E-state index contributed by atoms with van der Waals surface area (Å²) in [6, 6.07) is 15.3. The molecule has 2 rings (SSSR count). The summed E-state index contributed by atoms with van der Waals surface area (Å²) in [4.78, 5) is 23.7. The molecule has 0 heterocycles. The lowest BCUT2D eigenvalue weighted by Crippen LogP contribution is -2.39. The molecular formula is C19H22N2O3. The van der Waals surface area contributed by atoms with E-state index >= 15 is 0 Å². The smallest absolute Gasteiger partial charge is 0.309 e. The maximum atomic E-state index is 11.8. The second kappa shape index (κ2) is 8.72. The predicted molar refractivity (Wildman–Crippen MR) is 92.5 cm³/mol. The summed E-state index contributed by atoms with van der Waals surface area (Å²) in [5.41, 5.74) is 3.06. The summed E-state index contributed by atoms with van der Waals surface area (Å²) in [5.74, 6) is -0.581. The quantitative estimate of drug-likeness (QED) is 0.800. The van der Waals surface area contributed by atoms with Crippen molar-refractivity contribution in [1.82, 2.24) is 10.6 Å². The van der Waals surface area contributed by atoms with Gasteiger partial charge in [0, 0.05) is 13.1 Å². The lowest BCUT2D eigenvalue weighted by molar-refractivity contribution is -0.139. The average molecular weight is 326 g/mol. The Morgan fingerprint density at radius 2 is 1.46 bits per heavy atom. The highest BCUT2D eigenvalue weighted by molar-refractivity contribution is 6.35. The van der Waals surface area contributed by atoms with Gasteiger partial charge in [-0.25, -0.2) is 0 Å². The Balaban J connectivity index is 1.79. The van der Waals surface area contributed by atoms with Gasteiger partial charge in [-0.05, 0) is 35.2 Å². The first-order chi connectivity index (χ1) is 11.6. The van der Waals surface area contributed by atoms with Crippen LogP contribution in [-0.4, -0.2) is 18.9 Å². The Labute approximate surface area is 142 Å². The van der Waals surface area contributed by atoms with E-state index in [1.165, 1.54) is 5.56 Å². The highest BCUT2D eigenvalue weighted by Crippen LogP contribution is 2.12. The zero-order valence-corrected chi connectivity index (χ0v) is 14.0. The number of methoxy groups -OCH3 is 1. The Morgan fingerprint density at radius 3 is 2.04 bits per heavy atom. The highest BCUT2D eigenvalue weighted by atomic mass is 16.5. The van der Waals surface area contributed by atoms with E-state index in [1.807, 2.05) is 48.5 Å². The molecule has 2 aromatic carbocycles. The molecule has 5 heteroatoms. The van der Waals surface area contributed by atoms with Crippen molar-refractivity contribution >= 4 is 11.8 Å². The van der Waals surface area contributed by atoms with Gasteiger partial charge in [-0.2, -0.15) is 0 Å². The summed E-state index contributed by atoms with van der Waals surface area (Å²) in [6.45, 7) is 2.69. The van der Waals surface area contributed by atoms with Gasteiger partial charge in [0.15, 0.2) is 0 Å². The van der Waals surface area contributed by atoms with E-state index in [2.05, 4.69) is 17.6 Å². The second-order valence-electron chi connectivity index (χ2n) is 5.39. The molecule has 126 valence electrons. The van der Waals surface area contributed by atoms with Crippen LogP contribution in [-0.2, 0) is 29.1 Å². The fraction of sp³-hybridized carbons (Fsp3) is 0.263. The number of aryl methyl sites for hydroxylation is 1. The SMILES string of the molecule is CCc1ccc(CNC(=O)C(=O)NCc2cccc(OC)c2)cc1. The number of benzene rings is 2. The van der Waals surface area contributed by atoms with Crippen LogP contribution < -0.4 is 15.4 Å². The third kappa shape index (κ3) is 5.12. The minimum Gasteiger partial charge on any atom is -0.497 e. The first-order valence-electron chi connectivity index (χ1n) is 7.89. The molecule has 0 fully saturated rings. The minimum absolute atomic E-state index is 0.272. The summed E-state index contributed by atoms with van der Waals surface area (Å²) < 4.78 is 5.12. The molecule has 0 unspecified atom stereocenters. The Bertz CT molecular complexity index is 696. The van der Waals surface area contributed by atoms with E-state index in [1.54, 1.807) is 7.11 Å². The van der Waals surface area contributed by atoms with Gasteiger partial charge in [0.25, 0.3) is 0 Å². The molecule has 2 N–H and O–H groups in total. The van der Waals surface area contributed by atoms with Gasteiger partial charge in [0.05, 0.1) is 7.11 Å². The molecule has 0 bridgehead atoms. The molecule has 0 aromatic heterocycles. The van der Waals surface area contributed by atoms with Crippen molar-refractivity contribution in [2.45, 2.75) is 26.4 Å². The monoisotopic (exact) mass is 326 g/mol. The van der Waals surface area contributed by atoms with Crippen LogP contribution in [0.15, 0.2) is 48.5 Å². The van der Waals surface area contributed by atoms with Crippen LogP contribution in [0, 0.1) is 0 Å². The molecule has 0 radical (unpaired) electrons. The van der Waals surface area contributed by atoms with Crippen molar-refractivity contribution in [3.63, 3.8) is 0 Å². The van der Waals surface area contributed by atoms with E-state index in [9.17, 15) is 9.59 Å². The Hall–Kier alpha value is -2.82. The first-order valence-corrected chi connectivity index (χ1v) is 7.89. The molecule has 0 aliphatic carbocycles. The van der Waals surface area contributed by atoms with Crippen molar-refractivity contribution < 1.29 is 14.3 Å². The Morgan fingerprint density at radius 1 is 0.875 bits per heavy atom. The molecule has 2 aromatic rings. The predicted octanol–water partition coefficient (Wildman–Crippen LogP) is 2.19. The van der Waals surface area contributed by atoms with Crippen LogP contribution in [0.2, 0.25) is 0 Å². The standard InChI is InChI=1S/C19H22N2O3/c1-3-14-7-9-15(10-8-14)12-20-18(22)19(23)21-13-16-5-4-6-17(11-16)24-2/h4-11H,3,12-13H2,1-2H3,(H,20,22)(H,21,23). The van der Waals surface area contributed by atoms with E-state index in [-0.39, 0.29) is 6.54 Å². The van der Waals surface area contributed by atoms with Crippen LogP contribution in [0.3, 0.4) is 0 Å². The van der Waals surface area contributed by atoms with Gasteiger partial charge >= 0.3 is 11.8 Å². The topological polar surface area (TPSA) is 67.4 Å². The van der Waals surface area contributed by atoms with Crippen LogP contribution in [0.4, 0.5) is 0 Å². The number of carbonyl (C=O) groups is 2. The molecular weight excluding hydrogens is 304 g/mol. The van der Waals surface area contributed by atoms with E-state index < -0.39 is 11.8 Å². The van der Waals surface area contributed by atoms with Crippen molar-refractivity contribution in [3.05, 3.63) is 65.2 Å². The molecule has 24 heavy (non-hydrogen) atoms. The summed E-state index contributed by atoms with van der Waals surface area (Å²) in [7, 11) is 1.58. The van der Waals surface area contributed by atoms with Crippen LogP contribution >= 0.6 is 0 Å². The maximum Gasteiger partial charge on any atom is 0.309 e. The molecule has 0 saturated heterocycles. The van der Waals surface area contributed by atoms with Crippen molar-refractivity contribution in [2.75, 3.05) is 7.11 Å². The molecule has 0 aliphatic heterocycles. The lowest BCUT2D eigenvalue weighted by atomic mass is 10.1. The number of ether oxygens (including phenoxy) is 1. The molecule has 2 amide bonds. The molecule has 0 spiro atoms. The minimum atomic E-state index is -0.650. The maximum absolute atomic E-state index is 11.8. The van der Waals surface area contributed by atoms with E-state index in [0.29, 0.717) is 12.3 Å². The van der Waals surface area contributed by atoms with Crippen molar-refractivity contribution in [3.8, 4) is 5.75 Å². The van der Waals surface area contributed by atoms with Gasteiger partial charge in [-0.3, -0.25) is 9.59 Å². The van der Waals surface area contributed by atoms with Crippen molar-refractivity contribution in [2.24, 2.45) is 0 Å². The second-order valence-corrected chi connectivity index (χ2v) is 5.39. The van der Waals surface area contributed by atoms with Gasteiger partial charge in [0.2, 0.25) is 0 Å². The van der Waals surface area contributed by atoms with E-state index in [0.717, 1.165) is 17.5 Å². The highest BCUT2D eigenvalue weighted by Gasteiger charge is 2.12. The zero-order valence-electron chi connectivity index (χ0n) is 14.0. The number of hydrogen-bond donors (Lipinski definition) is 2. The fourth-order valence-electron chi connectivity index (χ4n) is 2.20. The van der Waals surface area contributed by atoms with Crippen molar-refractivity contribution in [1.29, 1.82) is 0 Å². The molecule has 0 atom stereocenters. The normalized spacial score (nSPS) is 10.1. The third-order valence-corrected chi connectivity index (χ3v) is 3.68. The summed E-state index contributed by atoms with van der Waals surface area (Å²) >= 11 is 0. The fourth-order valence-corrected chi connectivity index (χ4v) is 2.20.